The van der Waals surface area contributed by atoms with Gasteiger partial charge in [0.2, 0.25) is 0 Å². The van der Waals surface area contributed by atoms with Crippen molar-refractivity contribution in [3.8, 4) is 5.75 Å². The molecule has 1 amide bonds. The Balaban J connectivity index is 1.53. The summed E-state index contributed by atoms with van der Waals surface area (Å²) in [6.07, 6.45) is -0.498. The van der Waals surface area contributed by atoms with Crippen LogP contribution in [0.2, 0.25) is 0 Å². The molecule has 1 fully saturated rings. The molecule has 2 aromatic rings. The number of ether oxygens (including phenoxy) is 2. The minimum atomic E-state index is -0.277. The summed E-state index contributed by atoms with van der Waals surface area (Å²) < 4.78 is 11.0. The quantitative estimate of drug-likeness (QED) is 0.846. The Hall–Kier alpha value is -2.49. The van der Waals surface area contributed by atoms with E-state index in [1.54, 1.807) is 4.90 Å². The minimum Gasteiger partial charge on any atom is -0.490 e. The molecule has 108 valence electrons. The Morgan fingerprint density at radius 2 is 1.71 bits per heavy atom. The van der Waals surface area contributed by atoms with E-state index < -0.39 is 0 Å². The average Bonchev–Trinajstić information content (AvgIpc) is 2.87. The van der Waals surface area contributed by atoms with Crippen LogP contribution in [0.1, 0.15) is 5.56 Å². The van der Waals surface area contributed by atoms with Crippen LogP contribution in [-0.4, -0.2) is 30.2 Å². The Morgan fingerprint density at radius 3 is 2.43 bits per heavy atom. The third-order valence-corrected chi connectivity index (χ3v) is 3.35. The monoisotopic (exact) mass is 283 g/mol. The van der Waals surface area contributed by atoms with Gasteiger partial charge >= 0.3 is 6.09 Å². The molecular formula is C17H17NO3. The second-order valence-electron chi connectivity index (χ2n) is 5.00. The number of amides is 1. The molecule has 1 atom stereocenters. The van der Waals surface area contributed by atoms with Crippen molar-refractivity contribution in [3.63, 3.8) is 0 Å². The lowest BCUT2D eigenvalue weighted by Gasteiger charge is -2.13. The first-order valence-electron chi connectivity index (χ1n) is 6.98. The standard InChI is InChI=1S/C17H17NO3/c19-17-18(11-14-7-3-1-4-8-14)12-16(21-17)13-20-15-9-5-2-6-10-15/h1-10,16H,11-13H2. The molecule has 1 unspecified atom stereocenters. The molecule has 0 aromatic heterocycles. The van der Waals surface area contributed by atoms with Crippen LogP contribution in [-0.2, 0) is 11.3 Å². The normalized spacial score (nSPS) is 17.6. The van der Waals surface area contributed by atoms with Gasteiger partial charge in [0.15, 0.2) is 6.10 Å². The number of carbonyl (C=O) groups is 1. The third-order valence-electron chi connectivity index (χ3n) is 3.35. The van der Waals surface area contributed by atoms with E-state index in [9.17, 15) is 4.79 Å². The molecular weight excluding hydrogens is 266 g/mol. The van der Waals surface area contributed by atoms with Crippen molar-refractivity contribution in [3.05, 3.63) is 66.2 Å². The molecule has 1 saturated heterocycles. The number of cyclic esters (lactones) is 1. The van der Waals surface area contributed by atoms with Crippen molar-refractivity contribution in [2.75, 3.05) is 13.2 Å². The molecule has 0 aliphatic carbocycles. The second kappa shape index (κ2) is 6.31. The maximum Gasteiger partial charge on any atom is 0.410 e. The van der Waals surface area contributed by atoms with Crippen molar-refractivity contribution in [2.24, 2.45) is 0 Å². The van der Waals surface area contributed by atoms with Crippen molar-refractivity contribution < 1.29 is 14.3 Å². The first-order valence-corrected chi connectivity index (χ1v) is 6.98. The lowest BCUT2D eigenvalue weighted by molar-refractivity contribution is 0.102. The lowest BCUT2D eigenvalue weighted by Crippen LogP contribution is -2.26. The zero-order valence-electron chi connectivity index (χ0n) is 11.6. The van der Waals surface area contributed by atoms with E-state index in [-0.39, 0.29) is 12.2 Å². The number of para-hydroxylation sites is 1. The summed E-state index contributed by atoms with van der Waals surface area (Å²) >= 11 is 0. The Labute approximate surface area is 123 Å². The van der Waals surface area contributed by atoms with Crippen LogP contribution < -0.4 is 4.74 Å². The first kappa shape index (κ1) is 13.5. The maximum atomic E-state index is 11.8. The highest BCUT2D eigenvalue weighted by Crippen LogP contribution is 2.17. The summed E-state index contributed by atoms with van der Waals surface area (Å²) in [5.41, 5.74) is 1.10. The summed E-state index contributed by atoms with van der Waals surface area (Å²) in [5.74, 6) is 0.787. The summed E-state index contributed by atoms with van der Waals surface area (Å²) in [4.78, 5) is 13.6. The number of hydrogen-bond donors (Lipinski definition) is 0. The van der Waals surface area contributed by atoms with Crippen molar-refractivity contribution >= 4 is 6.09 Å². The predicted molar refractivity (Wildman–Crippen MR) is 79.1 cm³/mol. The van der Waals surface area contributed by atoms with Crippen LogP contribution in [0.5, 0.6) is 5.75 Å². The van der Waals surface area contributed by atoms with Gasteiger partial charge in [-0.1, -0.05) is 48.5 Å². The molecule has 0 N–H and O–H groups in total. The van der Waals surface area contributed by atoms with E-state index in [1.807, 2.05) is 60.7 Å². The van der Waals surface area contributed by atoms with Gasteiger partial charge in [0, 0.05) is 6.54 Å². The van der Waals surface area contributed by atoms with E-state index in [0.29, 0.717) is 19.7 Å². The molecule has 0 saturated carbocycles. The van der Waals surface area contributed by atoms with E-state index in [0.717, 1.165) is 11.3 Å². The fourth-order valence-corrected chi connectivity index (χ4v) is 2.30. The molecule has 0 spiro atoms. The van der Waals surface area contributed by atoms with Crippen LogP contribution in [0.4, 0.5) is 4.79 Å². The van der Waals surface area contributed by atoms with E-state index in [4.69, 9.17) is 9.47 Å². The van der Waals surface area contributed by atoms with Crippen LogP contribution >= 0.6 is 0 Å². The fourth-order valence-electron chi connectivity index (χ4n) is 2.30. The van der Waals surface area contributed by atoms with Gasteiger partial charge in [0.25, 0.3) is 0 Å². The van der Waals surface area contributed by atoms with E-state index in [2.05, 4.69) is 0 Å². The van der Waals surface area contributed by atoms with Crippen LogP contribution in [0.3, 0.4) is 0 Å². The van der Waals surface area contributed by atoms with Crippen LogP contribution in [0.15, 0.2) is 60.7 Å². The Kier molecular flexibility index (Phi) is 4.05. The summed E-state index contributed by atoms with van der Waals surface area (Å²) in [6, 6.07) is 19.4. The molecule has 0 radical (unpaired) electrons. The number of nitrogens with zero attached hydrogens (tertiary/aromatic N) is 1. The zero-order chi connectivity index (χ0) is 14.5. The molecule has 1 aliphatic rings. The van der Waals surface area contributed by atoms with Gasteiger partial charge in [0.05, 0.1) is 6.54 Å². The van der Waals surface area contributed by atoms with Crippen molar-refractivity contribution in [1.29, 1.82) is 0 Å². The zero-order valence-corrected chi connectivity index (χ0v) is 11.6. The maximum absolute atomic E-state index is 11.8. The van der Waals surface area contributed by atoms with Crippen LogP contribution in [0.25, 0.3) is 0 Å². The SMILES string of the molecule is O=C1OC(COc2ccccc2)CN1Cc1ccccc1. The van der Waals surface area contributed by atoms with E-state index in [1.165, 1.54) is 0 Å². The Morgan fingerprint density at radius 1 is 1.05 bits per heavy atom. The topological polar surface area (TPSA) is 38.8 Å². The highest BCUT2D eigenvalue weighted by atomic mass is 16.6. The van der Waals surface area contributed by atoms with E-state index >= 15 is 0 Å². The fraction of sp³-hybridized carbons (Fsp3) is 0.235. The first-order chi connectivity index (χ1) is 10.3. The average molecular weight is 283 g/mol. The predicted octanol–water partition coefficient (Wildman–Crippen LogP) is 3.09. The van der Waals surface area contributed by atoms with Crippen molar-refractivity contribution in [1.82, 2.24) is 4.90 Å². The minimum absolute atomic E-state index is 0.221. The number of rotatable bonds is 5. The highest BCUT2D eigenvalue weighted by Gasteiger charge is 2.31. The van der Waals surface area contributed by atoms with Crippen LogP contribution in [0, 0.1) is 0 Å². The number of hydrogen-bond acceptors (Lipinski definition) is 3. The summed E-state index contributed by atoms with van der Waals surface area (Å²) in [7, 11) is 0. The molecule has 0 bridgehead atoms. The molecule has 4 nitrogen and oxygen atoms in total. The number of benzene rings is 2. The summed E-state index contributed by atoms with van der Waals surface area (Å²) in [5, 5.41) is 0. The molecule has 1 heterocycles. The van der Waals surface area contributed by atoms with Gasteiger partial charge in [-0.2, -0.15) is 0 Å². The molecule has 4 heteroatoms. The highest BCUT2D eigenvalue weighted by molar-refractivity contribution is 5.69. The second-order valence-corrected chi connectivity index (χ2v) is 5.00. The van der Waals surface area contributed by atoms with Gasteiger partial charge in [-0.25, -0.2) is 4.79 Å². The van der Waals surface area contributed by atoms with Gasteiger partial charge in [-0.3, -0.25) is 0 Å². The molecule has 1 aliphatic heterocycles. The van der Waals surface area contributed by atoms with Gasteiger partial charge in [-0.05, 0) is 17.7 Å². The molecule has 21 heavy (non-hydrogen) atoms. The number of carbonyl (C=O) groups excluding carboxylic acids is 1. The smallest absolute Gasteiger partial charge is 0.410 e. The lowest BCUT2D eigenvalue weighted by atomic mass is 10.2. The molecule has 3 rings (SSSR count). The van der Waals surface area contributed by atoms with Gasteiger partial charge in [0.1, 0.15) is 12.4 Å². The molecule has 2 aromatic carbocycles. The van der Waals surface area contributed by atoms with Gasteiger partial charge in [-0.15, -0.1) is 0 Å². The third kappa shape index (κ3) is 3.54. The summed E-state index contributed by atoms with van der Waals surface area (Å²) in [6.45, 7) is 1.50. The van der Waals surface area contributed by atoms with Gasteiger partial charge < -0.3 is 14.4 Å². The van der Waals surface area contributed by atoms with Crippen molar-refractivity contribution in [2.45, 2.75) is 12.6 Å². The Bertz CT molecular complexity index is 585. The largest absolute Gasteiger partial charge is 0.490 e.